The summed E-state index contributed by atoms with van der Waals surface area (Å²) in [5.41, 5.74) is 2.26. The quantitative estimate of drug-likeness (QED) is 0.781. The maximum atomic E-state index is 12.3. The van der Waals surface area contributed by atoms with Crippen LogP contribution in [0.15, 0.2) is 41.0 Å². The van der Waals surface area contributed by atoms with E-state index in [9.17, 15) is 9.90 Å². The van der Waals surface area contributed by atoms with E-state index in [1.165, 1.54) is 17.0 Å². The van der Waals surface area contributed by atoms with Crippen molar-refractivity contribution in [3.8, 4) is 17.2 Å². The van der Waals surface area contributed by atoms with Gasteiger partial charge in [-0.1, -0.05) is 6.07 Å². The Bertz CT molecular complexity index is 817. The molecule has 0 fully saturated rings. The third kappa shape index (κ3) is 2.43. The molecule has 2 aromatic heterocycles. The van der Waals surface area contributed by atoms with Gasteiger partial charge in [0, 0.05) is 11.3 Å². The minimum absolute atomic E-state index is 0.108. The van der Waals surface area contributed by atoms with Gasteiger partial charge in [0.1, 0.15) is 12.0 Å². The molecule has 106 valence electrons. The normalized spacial score (nSPS) is 10.8. The highest BCUT2D eigenvalue weighted by atomic mass is 16.3. The molecule has 1 N–H and O–H groups in total. The zero-order chi connectivity index (χ0) is 15.0. The zero-order valence-corrected chi connectivity index (χ0v) is 11.6. The van der Waals surface area contributed by atoms with Crippen molar-refractivity contribution >= 4 is 5.91 Å². The Hall–Kier alpha value is -2.89. The van der Waals surface area contributed by atoms with E-state index in [4.69, 9.17) is 4.42 Å². The first-order chi connectivity index (χ1) is 10.0. The summed E-state index contributed by atoms with van der Waals surface area (Å²) < 4.78 is 6.60. The number of aryl methyl sites for hydroxylation is 2. The molecular weight excluding hydrogens is 270 g/mol. The molecule has 0 spiro atoms. The highest BCUT2D eigenvalue weighted by Gasteiger charge is 2.18. The van der Waals surface area contributed by atoms with Gasteiger partial charge in [0.15, 0.2) is 5.69 Å². The number of phenols is 1. The largest absolute Gasteiger partial charge is 0.508 e. The van der Waals surface area contributed by atoms with E-state index in [0.29, 0.717) is 5.56 Å². The number of aromatic hydroxyl groups is 1. The Morgan fingerprint density at radius 1 is 1.29 bits per heavy atom. The summed E-state index contributed by atoms with van der Waals surface area (Å²) in [4.78, 5) is 16.5. The van der Waals surface area contributed by atoms with Gasteiger partial charge in [-0.05, 0) is 38.1 Å². The lowest BCUT2D eigenvalue weighted by atomic mass is 10.2. The van der Waals surface area contributed by atoms with Gasteiger partial charge < -0.3 is 9.52 Å². The van der Waals surface area contributed by atoms with Crippen LogP contribution in [-0.4, -0.2) is 25.8 Å². The van der Waals surface area contributed by atoms with E-state index in [-0.39, 0.29) is 23.2 Å². The molecule has 0 aliphatic heterocycles. The van der Waals surface area contributed by atoms with Crippen LogP contribution < -0.4 is 0 Å². The van der Waals surface area contributed by atoms with Crippen molar-refractivity contribution in [2.75, 3.05) is 0 Å². The third-order valence-electron chi connectivity index (χ3n) is 3.02. The van der Waals surface area contributed by atoms with E-state index in [2.05, 4.69) is 10.1 Å². The SMILES string of the molecule is Cc1cc(C)n(C(=O)c2coc(-c3cccc(O)c3)n2)n1. The molecule has 1 aromatic carbocycles. The van der Waals surface area contributed by atoms with E-state index in [1.54, 1.807) is 25.1 Å². The molecule has 0 saturated heterocycles. The van der Waals surface area contributed by atoms with Crippen molar-refractivity contribution in [1.29, 1.82) is 0 Å². The molecule has 0 amide bonds. The van der Waals surface area contributed by atoms with Crippen molar-refractivity contribution in [2.24, 2.45) is 0 Å². The Kier molecular flexibility index (Phi) is 3.06. The number of carbonyl (C=O) groups excluding carboxylic acids is 1. The summed E-state index contributed by atoms with van der Waals surface area (Å²) in [5.74, 6) is 0.0312. The number of rotatable bonds is 2. The summed E-state index contributed by atoms with van der Waals surface area (Å²) in [5, 5.41) is 13.6. The van der Waals surface area contributed by atoms with E-state index < -0.39 is 0 Å². The monoisotopic (exact) mass is 283 g/mol. The average molecular weight is 283 g/mol. The Labute approximate surface area is 120 Å². The number of hydrogen-bond donors (Lipinski definition) is 1. The average Bonchev–Trinajstić information content (AvgIpc) is 3.05. The van der Waals surface area contributed by atoms with Gasteiger partial charge >= 0.3 is 0 Å². The van der Waals surface area contributed by atoms with Gasteiger partial charge in [-0.2, -0.15) is 9.78 Å². The van der Waals surface area contributed by atoms with Crippen LogP contribution in [0.5, 0.6) is 5.75 Å². The van der Waals surface area contributed by atoms with Gasteiger partial charge in [-0.15, -0.1) is 0 Å². The van der Waals surface area contributed by atoms with Crippen LogP contribution in [0, 0.1) is 13.8 Å². The smallest absolute Gasteiger partial charge is 0.300 e. The molecule has 3 aromatic rings. The third-order valence-corrected chi connectivity index (χ3v) is 3.02. The predicted molar refractivity (Wildman–Crippen MR) is 75.0 cm³/mol. The minimum Gasteiger partial charge on any atom is -0.508 e. The molecule has 0 unspecified atom stereocenters. The van der Waals surface area contributed by atoms with Gasteiger partial charge in [-0.3, -0.25) is 4.79 Å². The summed E-state index contributed by atoms with van der Waals surface area (Å²) in [6, 6.07) is 8.30. The highest BCUT2D eigenvalue weighted by molar-refractivity contribution is 5.94. The summed E-state index contributed by atoms with van der Waals surface area (Å²) >= 11 is 0. The lowest BCUT2D eigenvalue weighted by molar-refractivity contribution is 0.0937. The van der Waals surface area contributed by atoms with E-state index >= 15 is 0 Å². The molecule has 0 radical (unpaired) electrons. The first-order valence-electron chi connectivity index (χ1n) is 6.37. The maximum Gasteiger partial charge on any atom is 0.300 e. The molecule has 6 nitrogen and oxygen atoms in total. The molecule has 6 heteroatoms. The second-order valence-corrected chi connectivity index (χ2v) is 4.73. The lowest BCUT2D eigenvalue weighted by Gasteiger charge is -1.98. The Morgan fingerprint density at radius 2 is 2.10 bits per heavy atom. The molecule has 0 bridgehead atoms. The number of aromatic nitrogens is 3. The van der Waals surface area contributed by atoms with Crippen LogP contribution in [-0.2, 0) is 0 Å². The van der Waals surface area contributed by atoms with Crippen molar-refractivity contribution in [1.82, 2.24) is 14.8 Å². The zero-order valence-electron chi connectivity index (χ0n) is 11.6. The van der Waals surface area contributed by atoms with Crippen molar-refractivity contribution in [2.45, 2.75) is 13.8 Å². The molecule has 21 heavy (non-hydrogen) atoms. The fourth-order valence-electron chi connectivity index (χ4n) is 2.09. The van der Waals surface area contributed by atoms with Crippen molar-refractivity contribution < 1.29 is 14.3 Å². The molecular formula is C15H13N3O3. The van der Waals surface area contributed by atoms with E-state index in [0.717, 1.165) is 11.4 Å². The second-order valence-electron chi connectivity index (χ2n) is 4.73. The first-order valence-corrected chi connectivity index (χ1v) is 6.37. The van der Waals surface area contributed by atoms with Gasteiger partial charge in [0.25, 0.3) is 5.91 Å². The molecule has 0 atom stereocenters. The lowest BCUT2D eigenvalue weighted by Crippen LogP contribution is -2.15. The number of carbonyl (C=O) groups is 1. The maximum absolute atomic E-state index is 12.3. The number of phenolic OH excluding ortho intramolecular Hbond substituents is 1. The Balaban J connectivity index is 1.95. The second kappa shape index (κ2) is 4.90. The highest BCUT2D eigenvalue weighted by Crippen LogP contribution is 2.22. The number of hydrogen-bond acceptors (Lipinski definition) is 5. The van der Waals surface area contributed by atoms with Crippen LogP contribution in [0.1, 0.15) is 21.9 Å². The Morgan fingerprint density at radius 3 is 2.76 bits per heavy atom. The van der Waals surface area contributed by atoms with Crippen LogP contribution in [0.3, 0.4) is 0 Å². The van der Waals surface area contributed by atoms with Crippen molar-refractivity contribution in [3.63, 3.8) is 0 Å². The summed E-state index contributed by atoms with van der Waals surface area (Å²) in [6.07, 6.45) is 1.29. The molecule has 3 rings (SSSR count). The minimum atomic E-state index is -0.351. The fraction of sp³-hybridized carbons (Fsp3) is 0.133. The van der Waals surface area contributed by atoms with Crippen LogP contribution >= 0.6 is 0 Å². The van der Waals surface area contributed by atoms with Gasteiger partial charge in [0.2, 0.25) is 5.89 Å². The first kappa shape index (κ1) is 13.1. The molecule has 0 aliphatic carbocycles. The number of oxazole rings is 1. The molecule has 0 saturated carbocycles. The topological polar surface area (TPSA) is 81.2 Å². The number of nitrogens with zero attached hydrogens (tertiary/aromatic N) is 3. The van der Waals surface area contributed by atoms with Crippen LogP contribution in [0.4, 0.5) is 0 Å². The van der Waals surface area contributed by atoms with Crippen LogP contribution in [0.25, 0.3) is 11.5 Å². The number of benzene rings is 1. The molecule has 0 aliphatic rings. The van der Waals surface area contributed by atoms with E-state index in [1.807, 2.05) is 13.0 Å². The summed E-state index contributed by atoms with van der Waals surface area (Å²) in [6.45, 7) is 3.62. The van der Waals surface area contributed by atoms with Gasteiger partial charge in [-0.25, -0.2) is 4.98 Å². The predicted octanol–water partition coefficient (Wildman–Crippen LogP) is 2.55. The fourth-order valence-corrected chi connectivity index (χ4v) is 2.09. The standard InChI is InChI=1S/C15H13N3O3/c1-9-6-10(2)18(17-9)15(20)13-8-21-14(16-13)11-4-3-5-12(19)7-11/h3-8,19H,1-2H3. The van der Waals surface area contributed by atoms with Crippen LogP contribution in [0.2, 0.25) is 0 Å². The van der Waals surface area contributed by atoms with Gasteiger partial charge in [0.05, 0.1) is 5.69 Å². The van der Waals surface area contributed by atoms with Crippen molar-refractivity contribution in [3.05, 3.63) is 53.7 Å². The summed E-state index contributed by atoms with van der Waals surface area (Å²) in [7, 11) is 0. The molecule has 2 heterocycles.